The van der Waals surface area contributed by atoms with Gasteiger partial charge in [0.05, 0.1) is 11.1 Å². The molecule has 0 radical (unpaired) electrons. The number of rotatable bonds is 2. The van der Waals surface area contributed by atoms with Crippen molar-refractivity contribution in [3.8, 4) is 0 Å². The van der Waals surface area contributed by atoms with Gasteiger partial charge in [0, 0.05) is 13.1 Å². The highest BCUT2D eigenvalue weighted by atomic mass is 16.3. The summed E-state index contributed by atoms with van der Waals surface area (Å²) in [6.45, 7) is 1.50. The Morgan fingerprint density at radius 1 is 1.39 bits per heavy atom. The number of hydrogen-bond acceptors (Lipinski definition) is 3. The molecule has 1 amide bonds. The highest BCUT2D eigenvalue weighted by Crippen LogP contribution is 2.20. The van der Waals surface area contributed by atoms with E-state index in [1.54, 1.807) is 6.07 Å². The number of aromatic nitrogens is 2. The van der Waals surface area contributed by atoms with Gasteiger partial charge in [-0.25, -0.2) is 4.98 Å². The molecule has 94 valence electrons. The lowest BCUT2D eigenvalue weighted by Crippen LogP contribution is -2.27. The maximum absolute atomic E-state index is 12.4. The molecule has 2 heterocycles. The molecule has 0 aliphatic carbocycles. The number of nitrogens with one attached hydrogen (secondary N) is 1. The van der Waals surface area contributed by atoms with E-state index in [1.165, 1.54) is 0 Å². The average Bonchev–Trinajstić information content (AvgIpc) is 3.05. The second-order valence-corrected chi connectivity index (χ2v) is 4.54. The number of carbonyl (C=O) groups excluding carboxylic acids is 1. The van der Waals surface area contributed by atoms with E-state index in [2.05, 4.69) is 9.97 Å². The molecule has 0 spiro atoms. The maximum atomic E-state index is 12.4. The van der Waals surface area contributed by atoms with Crippen LogP contribution in [0.1, 0.15) is 29.0 Å². The van der Waals surface area contributed by atoms with Gasteiger partial charge in [-0.3, -0.25) is 4.79 Å². The van der Waals surface area contributed by atoms with Crippen LogP contribution in [0.2, 0.25) is 0 Å². The molecule has 0 bridgehead atoms. The highest BCUT2D eigenvalue weighted by molar-refractivity contribution is 6.04. The molecule has 0 saturated carbocycles. The van der Waals surface area contributed by atoms with Crippen molar-refractivity contribution < 1.29 is 9.90 Å². The van der Waals surface area contributed by atoms with Crippen LogP contribution < -0.4 is 0 Å². The van der Waals surface area contributed by atoms with Crippen LogP contribution in [0.25, 0.3) is 11.0 Å². The van der Waals surface area contributed by atoms with Crippen LogP contribution in [-0.4, -0.2) is 39.0 Å². The van der Waals surface area contributed by atoms with Crippen molar-refractivity contribution in [1.82, 2.24) is 14.9 Å². The summed E-state index contributed by atoms with van der Waals surface area (Å²) in [4.78, 5) is 21.5. The number of aliphatic hydroxyl groups is 1. The average molecular weight is 245 g/mol. The van der Waals surface area contributed by atoms with Gasteiger partial charge in [-0.1, -0.05) is 6.07 Å². The predicted molar refractivity (Wildman–Crippen MR) is 67.2 cm³/mol. The Hall–Kier alpha value is -1.88. The number of carbonyl (C=O) groups is 1. The second-order valence-electron chi connectivity index (χ2n) is 4.54. The molecule has 0 unspecified atom stereocenters. The number of fused-ring (bicyclic) bond motifs is 1. The molecule has 1 aromatic heterocycles. The fraction of sp³-hybridized carbons (Fsp3) is 0.385. The molecule has 1 saturated heterocycles. The molecule has 2 N–H and O–H groups in total. The lowest BCUT2D eigenvalue weighted by atomic mass is 10.1. The van der Waals surface area contributed by atoms with Gasteiger partial charge in [-0.05, 0) is 25.0 Å². The zero-order valence-corrected chi connectivity index (χ0v) is 10.0. The molecule has 1 aliphatic heterocycles. The van der Waals surface area contributed by atoms with Crippen molar-refractivity contribution in [3.05, 3.63) is 29.6 Å². The summed E-state index contributed by atoms with van der Waals surface area (Å²) in [7, 11) is 0. The van der Waals surface area contributed by atoms with Gasteiger partial charge in [0.1, 0.15) is 17.9 Å². The lowest BCUT2D eigenvalue weighted by molar-refractivity contribution is 0.0794. The summed E-state index contributed by atoms with van der Waals surface area (Å²) in [5.41, 5.74) is 2.06. The van der Waals surface area contributed by atoms with Crippen LogP contribution in [0.5, 0.6) is 0 Å². The van der Waals surface area contributed by atoms with Crippen molar-refractivity contribution in [1.29, 1.82) is 0 Å². The molecule has 5 nitrogen and oxygen atoms in total. The monoisotopic (exact) mass is 245 g/mol. The van der Waals surface area contributed by atoms with Gasteiger partial charge in [0.25, 0.3) is 5.91 Å². The molecule has 18 heavy (non-hydrogen) atoms. The number of imidazole rings is 1. The molecule has 3 rings (SSSR count). The fourth-order valence-corrected chi connectivity index (χ4v) is 2.42. The Bertz CT molecular complexity index is 585. The third kappa shape index (κ3) is 1.76. The Morgan fingerprint density at radius 3 is 2.89 bits per heavy atom. The van der Waals surface area contributed by atoms with Crippen LogP contribution in [0.4, 0.5) is 0 Å². The molecule has 5 heteroatoms. The van der Waals surface area contributed by atoms with Crippen LogP contribution in [-0.2, 0) is 6.61 Å². The third-order valence-electron chi connectivity index (χ3n) is 3.34. The van der Waals surface area contributed by atoms with E-state index in [0.717, 1.165) is 31.4 Å². The van der Waals surface area contributed by atoms with E-state index in [9.17, 15) is 4.79 Å². The Balaban J connectivity index is 2.04. The van der Waals surface area contributed by atoms with Crippen LogP contribution in [0, 0.1) is 0 Å². The molecule has 0 atom stereocenters. The largest absolute Gasteiger partial charge is 0.388 e. The van der Waals surface area contributed by atoms with Gasteiger partial charge >= 0.3 is 0 Å². The van der Waals surface area contributed by atoms with Gasteiger partial charge in [-0.2, -0.15) is 0 Å². The SMILES string of the molecule is O=C(c1cccc2[nH]c(CO)nc12)N1CCCC1. The Morgan fingerprint density at radius 2 is 2.17 bits per heavy atom. The maximum Gasteiger partial charge on any atom is 0.256 e. The Kier molecular flexibility index (Phi) is 2.76. The number of benzene rings is 1. The quantitative estimate of drug-likeness (QED) is 0.837. The lowest BCUT2D eigenvalue weighted by Gasteiger charge is -2.15. The van der Waals surface area contributed by atoms with Crippen LogP contribution in [0.15, 0.2) is 18.2 Å². The van der Waals surface area contributed by atoms with Crippen LogP contribution >= 0.6 is 0 Å². The summed E-state index contributed by atoms with van der Waals surface area (Å²) in [6.07, 6.45) is 2.15. The first kappa shape index (κ1) is 11.2. The minimum atomic E-state index is -0.147. The normalized spacial score (nSPS) is 15.5. The smallest absolute Gasteiger partial charge is 0.256 e. The van der Waals surface area contributed by atoms with Crippen molar-refractivity contribution in [2.24, 2.45) is 0 Å². The number of likely N-dealkylation sites (tertiary alicyclic amines) is 1. The predicted octanol–water partition coefficient (Wildman–Crippen LogP) is 1.29. The molecular formula is C13H15N3O2. The van der Waals surface area contributed by atoms with E-state index < -0.39 is 0 Å². The third-order valence-corrected chi connectivity index (χ3v) is 3.34. The van der Waals surface area contributed by atoms with E-state index in [0.29, 0.717) is 16.9 Å². The zero-order chi connectivity index (χ0) is 12.5. The van der Waals surface area contributed by atoms with Gasteiger partial charge in [0.15, 0.2) is 0 Å². The Labute approximate surface area is 104 Å². The van der Waals surface area contributed by atoms with Gasteiger partial charge in [0.2, 0.25) is 0 Å². The number of H-pyrrole nitrogens is 1. The van der Waals surface area contributed by atoms with E-state index in [-0.39, 0.29) is 12.5 Å². The molecular weight excluding hydrogens is 230 g/mol. The number of nitrogens with zero attached hydrogens (tertiary/aromatic N) is 2. The standard InChI is InChI=1S/C13H15N3O2/c17-8-11-14-10-5-3-4-9(12(10)15-11)13(18)16-6-1-2-7-16/h3-5,17H,1-2,6-8H2,(H,14,15). The highest BCUT2D eigenvalue weighted by Gasteiger charge is 2.22. The number of para-hydroxylation sites is 1. The second kappa shape index (κ2) is 4.42. The fourth-order valence-electron chi connectivity index (χ4n) is 2.42. The number of aliphatic hydroxyl groups excluding tert-OH is 1. The number of amides is 1. The first-order valence-corrected chi connectivity index (χ1v) is 6.17. The minimum Gasteiger partial charge on any atom is -0.388 e. The molecule has 1 aliphatic rings. The topological polar surface area (TPSA) is 69.2 Å². The first-order chi connectivity index (χ1) is 8.79. The van der Waals surface area contributed by atoms with Crippen molar-refractivity contribution in [3.63, 3.8) is 0 Å². The van der Waals surface area contributed by atoms with Crippen LogP contribution in [0.3, 0.4) is 0 Å². The van der Waals surface area contributed by atoms with E-state index in [4.69, 9.17) is 5.11 Å². The number of aromatic amines is 1. The summed E-state index contributed by atoms with van der Waals surface area (Å²) in [5, 5.41) is 9.09. The zero-order valence-electron chi connectivity index (χ0n) is 10.0. The molecule has 1 aromatic carbocycles. The van der Waals surface area contributed by atoms with E-state index >= 15 is 0 Å². The van der Waals surface area contributed by atoms with Crippen molar-refractivity contribution in [2.75, 3.05) is 13.1 Å². The minimum absolute atomic E-state index is 0.0362. The molecule has 2 aromatic rings. The summed E-state index contributed by atoms with van der Waals surface area (Å²) < 4.78 is 0. The van der Waals surface area contributed by atoms with Gasteiger partial charge < -0.3 is 15.0 Å². The molecule has 1 fully saturated rings. The van der Waals surface area contributed by atoms with E-state index in [1.807, 2.05) is 17.0 Å². The summed E-state index contributed by atoms with van der Waals surface area (Å²) >= 11 is 0. The number of hydrogen-bond donors (Lipinski definition) is 2. The van der Waals surface area contributed by atoms with Crippen molar-refractivity contribution >= 4 is 16.9 Å². The first-order valence-electron chi connectivity index (χ1n) is 6.17. The summed E-state index contributed by atoms with van der Waals surface area (Å²) in [5.74, 6) is 0.528. The van der Waals surface area contributed by atoms with Crippen molar-refractivity contribution in [2.45, 2.75) is 19.4 Å². The van der Waals surface area contributed by atoms with Gasteiger partial charge in [-0.15, -0.1) is 0 Å². The summed E-state index contributed by atoms with van der Waals surface area (Å²) in [6, 6.07) is 5.50.